The van der Waals surface area contributed by atoms with E-state index >= 15 is 0 Å². The van der Waals surface area contributed by atoms with Crippen LogP contribution in [0, 0.1) is 0 Å². The summed E-state index contributed by atoms with van der Waals surface area (Å²) in [5.74, 6) is -0.109. The molecule has 1 atom stereocenters. The van der Waals surface area contributed by atoms with Crippen molar-refractivity contribution in [2.24, 2.45) is 0 Å². The third kappa shape index (κ3) is 3.95. The Hall–Kier alpha value is -2.65. The number of piperidine rings is 1. The Morgan fingerprint density at radius 1 is 1.22 bits per heavy atom. The Labute approximate surface area is 188 Å². The fourth-order valence-corrected chi connectivity index (χ4v) is 6.16. The Balaban J connectivity index is 1.64. The molecule has 9 heteroatoms. The molecule has 0 bridgehead atoms. The molecule has 0 unspecified atom stereocenters. The van der Waals surface area contributed by atoms with E-state index in [4.69, 9.17) is 4.74 Å². The molecule has 1 fully saturated rings. The lowest BCUT2D eigenvalue weighted by Crippen LogP contribution is -2.50. The predicted octanol–water partition coefficient (Wildman–Crippen LogP) is 3.50. The molecule has 4 rings (SSSR count). The average molecular weight is 460 g/mol. The summed E-state index contributed by atoms with van der Waals surface area (Å²) in [7, 11) is -3.83. The first-order chi connectivity index (χ1) is 15.0. The molecule has 8 nitrogen and oxygen atoms in total. The van der Waals surface area contributed by atoms with Crippen molar-refractivity contribution in [3.63, 3.8) is 0 Å². The SMILES string of the molecule is CCN1C(=O)c2cccc3c(S(=O)(=O)N4CCC[C@@H](NC(=O)OC(C)(C)C)C4)ccc1c23. The van der Waals surface area contributed by atoms with Crippen molar-refractivity contribution >= 4 is 38.5 Å². The van der Waals surface area contributed by atoms with Crippen LogP contribution in [0.2, 0.25) is 0 Å². The molecule has 0 spiro atoms. The minimum absolute atomic E-state index is 0.109. The van der Waals surface area contributed by atoms with Gasteiger partial charge < -0.3 is 15.0 Å². The molecule has 0 radical (unpaired) electrons. The molecule has 1 N–H and O–H groups in total. The first-order valence-corrected chi connectivity index (χ1v) is 12.3. The highest BCUT2D eigenvalue weighted by molar-refractivity contribution is 7.89. The number of sulfonamides is 1. The quantitative estimate of drug-likeness (QED) is 0.755. The van der Waals surface area contributed by atoms with Crippen LogP contribution in [0.25, 0.3) is 10.8 Å². The molecule has 2 heterocycles. The molecule has 2 aliphatic rings. The van der Waals surface area contributed by atoms with Crippen LogP contribution in [-0.4, -0.2) is 56.0 Å². The highest BCUT2D eigenvalue weighted by atomic mass is 32.2. The summed E-state index contributed by atoms with van der Waals surface area (Å²) in [6.45, 7) is 8.30. The molecular formula is C23H29N3O5S. The van der Waals surface area contributed by atoms with Gasteiger partial charge in [0.25, 0.3) is 5.91 Å². The number of nitrogens with one attached hydrogen (secondary N) is 1. The van der Waals surface area contributed by atoms with Crippen LogP contribution in [0.5, 0.6) is 0 Å². The summed E-state index contributed by atoms with van der Waals surface area (Å²) >= 11 is 0. The van der Waals surface area contributed by atoms with Gasteiger partial charge >= 0.3 is 6.09 Å². The van der Waals surface area contributed by atoms with Crippen LogP contribution in [0.1, 0.15) is 50.9 Å². The molecular weight excluding hydrogens is 430 g/mol. The lowest BCUT2D eigenvalue weighted by molar-refractivity contribution is 0.0487. The third-order valence-electron chi connectivity index (χ3n) is 5.78. The van der Waals surface area contributed by atoms with Crippen LogP contribution in [0.15, 0.2) is 35.2 Å². The molecule has 1 saturated heterocycles. The summed E-state index contributed by atoms with van der Waals surface area (Å²) in [6.07, 6.45) is 0.753. The van der Waals surface area contributed by atoms with Crippen LogP contribution in [0.3, 0.4) is 0 Å². The summed E-state index contributed by atoms with van der Waals surface area (Å²) in [6, 6.07) is 8.18. The summed E-state index contributed by atoms with van der Waals surface area (Å²) in [5, 5.41) is 4.02. The van der Waals surface area contributed by atoms with E-state index in [-0.39, 0.29) is 23.4 Å². The number of benzene rings is 2. The van der Waals surface area contributed by atoms with Gasteiger partial charge in [-0.15, -0.1) is 0 Å². The van der Waals surface area contributed by atoms with E-state index in [1.807, 2.05) is 6.92 Å². The highest BCUT2D eigenvalue weighted by Gasteiger charge is 2.35. The Morgan fingerprint density at radius 2 is 1.97 bits per heavy atom. The van der Waals surface area contributed by atoms with Crippen molar-refractivity contribution in [1.82, 2.24) is 9.62 Å². The maximum atomic E-state index is 13.6. The number of carbonyl (C=O) groups excluding carboxylic acids is 2. The van der Waals surface area contributed by atoms with Crippen molar-refractivity contribution in [2.45, 2.75) is 57.1 Å². The van der Waals surface area contributed by atoms with E-state index in [0.29, 0.717) is 42.3 Å². The third-order valence-corrected chi connectivity index (χ3v) is 7.71. The molecule has 0 aromatic heterocycles. The van der Waals surface area contributed by atoms with Gasteiger partial charge in [-0.05, 0) is 58.7 Å². The number of rotatable bonds is 4. The number of carbonyl (C=O) groups is 2. The second kappa shape index (κ2) is 8.04. The molecule has 2 aliphatic heterocycles. The van der Waals surface area contributed by atoms with E-state index < -0.39 is 21.7 Å². The van der Waals surface area contributed by atoms with Crippen LogP contribution >= 0.6 is 0 Å². The van der Waals surface area contributed by atoms with E-state index in [1.54, 1.807) is 56.0 Å². The standard InChI is InChI=1S/C23H29N3O5S/c1-5-26-18-11-12-19(16-9-6-10-17(20(16)18)21(26)27)32(29,30)25-13-7-8-15(14-25)24-22(28)31-23(2,3)4/h6,9-12,15H,5,7-8,13-14H2,1-4H3,(H,24,28)/t15-/m1/s1. The Bertz CT molecular complexity index is 1190. The Morgan fingerprint density at radius 3 is 2.66 bits per heavy atom. The largest absolute Gasteiger partial charge is 0.444 e. The van der Waals surface area contributed by atoms with Crippen molar-refractivity contribution in [3.05, 3.63) is 35.9 Å². The van der Waals surface area contributed by atoms with Gasteiger partial charge in [-0.3, -0.25) is 4.79 Å². The first kappa shape index (κ1) is 22.5. The van der Waals surface area contributed by atoms with Gasteiger partial charge in [0, 0.05) is 42.0 Å². The molecule has 32 heavy (non-hydrogen) atoms. The minimum Gasteiger partial charge on any atom is -0.444 e. The van der Waals surface area contributed by atoms with Gasteiger partial charge in [-0.2, -0.15) is 4.31 Å². The molecule has 2 aromatic rings. The van der Waals surface area contributed by atoms with Gasteiger partial charge in [0.05, 0.1) is 10.6 Å². The fourth-order valence-electron chi connectivity index (χ4n) is 4.45. The summed E-state index contributed by atoms with van der Waals surface area (Å²) < 4.78 is 34.0. The second-order valence-corrected chi connectivity index (χ2v) is 11.1. The zero-order valence-electron chi connectivity index (χ0n) is 18.8. The number of amides is 2. The normalized spacial score (nSPS) is 19.4. The maximum absolute atomic E-state index is 13.6. The fraction of sp³-hybridized carbons (Fsp3) is 0.478. The monoisotopic (exact) mass is 459 g/mol. The van der Waals surface area contributed by atoms with Crippen molar-refractivity contribution in [3.8, 4) is 0 Å². The predicted molar refractivity (Wildman–Crippen MR) is 122 cm³/mol. The van der Waals surface area contributed by atoms with Crippen molar-refractivity contribution in [2.75, 3.05) is 24.5 Å². The Kier molecular flexibility index (Phi) is 5.67. The van der Waals surface area contributed by atoms with Gasteiger partial charge in [0.1, 0.15) is 5.60 Å². The number of hydrogen-bond acceptors (Lipinski definition) is 5. The zero-order chi connectivity index (χ0) is 23.3. The van der Waals surface area contributed by atoms with E-state index in [2.05, 4.69) is 5.32 Å². The van der Waals surface area contributed by atoms with Crippen LogP contribution in [-0.2, 0) is 14.8 Å². The zero-order valence-corrected chi connectivity index (χ0v) is 19.7. The van der Waals surface area contributed by atoms with Crippen LogP contribution in [0.4, 0.5) is 10.5 Å². The second-order valence-electron chi connectivity index (χ2n) is 9.21. The lowest BCUT2D eigenvalue weighted by Gasteiger charge is -2.33. The number of alkyl carbamates (subject to hydrolysis) is 1. The van der Waals surface area contributed by atoms with Gasteiger partial charge in [0.15, 0.2) is 0 Å². The number of hydrogen-bond donors (Lipinski definition) is 1. The number of anilines is 1. The smallest absolute Gasteiger partial charge is 0.407 e. The van der Waals surface area contributed by atoms with E-state index in [0.717, 1.165) is 5.69 Å². The van der Waals surface area contributed by atoms with Gasteiger partial charge in [0.2, 0.25) is 10.0 Å². The van der Waals surface area contributed by atoms with E-state index in [1.165, 1.54) is 4.31 Å². The van der Waals surface area contributed by atoms with Crippen molar-refractivity contribution < 1.29 is 22.7 Å². The summed E-state index contributed by atoms with van der Waals surface area (Å²) in [5.41, 5.74) is 0.642. The maximum Gasteiger partial charge on any atom is 0.407 e. The first-order valence-electron chi connectivity index (χ1n) is 10.9. The number of nitrogens with zero attached hydrogens (tertiary/aromatic N) is 2. The summed E-state index contributed by atoms with van der Waals surface area (Å²) in [4.78, 5) is 26.7. The molecule has 2 amide bonds. The van der Waals surface area contributed by atoms with Gasteiger partial charge in [-0.25, -0.2) is 13.2 Å². The lowest BCUT2D eigenvalue weighted by atomic mass is 10.1. The minimum atomic E-state index is -3.83. The van der Waals surface area contributed by atoms with Crippen molar-refractivity contribution in [1.29, 1.82) is 0 Å². The highest BCUT2D eigenvalue weighted by Crippen LogP contribution is 2.40. The average Bonchev–Trinajstić information content (AvgIpc) is 2.99. The van der Waals surface area contributed by atoms with Gasteiger partial charge in [-0.1, -0.05) is 12.1 Å². The molecule has 0 aliphatic carbocycles. The van der Waals surface area contributed by atoms with Crippen LogP contribution < -0.4 is 10.2 Å². The van der Waals surface area contributed by atoms with E-state index in [9.17, 15) is 18.0 Å². The number of ether oxygens (including phenoxy) is 1. The molecule has 2 aromatic carbocycles. The molecule has 0 saturated carbocycles. The molecule has 172 valence electrons. The topological polar surface area (TPSA) is 96.0 Å².